The number of fused-ring (bicyclic) bond motifs is 1. The first-order valence-electron chi connectivity index (χ1n) is 6.73. The molecule has 94 valence electrons. The molecule has 0 heterocycles. The summed E-state index contributed by atoms with van der Waals surface area (Å²) >= 11 is 0. The molecule has 17 heavy (non-hydrogen) atoms. The minimum atomic E-state index is 0.126. The maximum atomic E-state index is 6.07. The molecule has 2 heteroatoms. The lowest BCUT2D eigenvalue weighted by Crippen LogP contribution is -2.28. The molecule has 1 unspecified atom stereocenters. The fourth-order valence-electron chi connectivity index (χ4n) is 2.49. The maximum Gasteiger partial charge on any atom is 0.0620 e. The summed E-state index contributed by atoms with van der Waals surface area (Å²) in [7, 11) is 0. The van der Waals surface area contributed by atoms with Crippen molar-refractivity contribution in [1.82, 2.24) is 0 Å². The van der Waals surface area contributed by atoms with Gasteiger partial charge < -0.3 is 10.5 Å². The Balaban J connectivity index is 1.86. The van der Waals surface area contributed by atoms with Gasteiger partial charge in [0.25, 0.3) is 0 Å². The van der Waals surface area contributed by atoms with E-state index in [9.17, 15) is 0 Å². The first-order valence-corrected chi connectivity index (χ1v) is 6.73. The number of ether oxygens (including phenoxy) is 1. The normalized spacial score (nSPS) is 15.9. The van der Waals surface area contributed by atoms with Crippen LogP contribution in [0.15, 0.2) is 18.2 Å². The molecule has 0 bridgehead atoms. The molecule has 0 saturated carbocycles. The van der Waals surface area contributed by atoms with Crippen molar-refractivity contribution in [3.05, 3.63) is 34.9 Å². The molecule has 1 aromatic carbocycles. The van der Waals surface area contributed by atoms with Gasteiger partial charge in [-0.05, 0) is 48.8 Å². The highest BCUT2D eigenvalue weighted by Gasteiger charge is 2.12. The number of rotatable bonds is 6. The van der Waals surface area contributed by atoms with E-state index in [0.717, 1.165) is 19.4 Å². The van der Waals surface area contributed by atoms with Crippen LogP contribution in [0.4, 0.5) is 0 Å². The number of aryl methyl sites for hydroxylation is 2. The third-order valence-electron chi connectivity index (χ3n) is 3.34. The Morgan fingerprint density at radius 1 is 1.29 bits per heavy atom. The fourth-order valence-corrected chi connectivity index (χ4v) is 2.49. The first kappa shape index (κ1) is 12.6. The van der Waals surface area contributed by atoms with Gasteiger partial charge in [0.1, 0.15) is 0 Å². The molecule has 1 aromatic rings. The van der Waals surface area contributed by atoms with Crippen LogP contribution in [0, 0.1) is 0 Å². The topological polar surface area (TPSA) is 35.2 Å². The van der Waals surface area contributed by atoms with E-state index in [-0.39, 0.29) is 6.04 Å². The number of hydrogen-bond donors (Lipinski definition) is 1. The van der Waals surface area contributed by atoms with Gasteiger partial charge in [-0.25, -0.2) is 0 Å². The molecule has 0 saturated heterocycles. The molecule has 0 radical (unpaired) electrons. The second-order valence-electron chi connectivity index (χ2n) is 5.00. The van der Waals surface area contributed by atoms with Crippen molar-refractivity contribution in [1.29, 1.82) is 0 Å². The van der Waals surface area contributed by atoms with Gasteiger partial charge in [-0.1, -0.05) is 25.1 Å². The minimum Gasteiger partial charge on any atom is -0.380 e. The largest absolute Gasteiger partial charge is 0.380 e. The summed E-state index contributed by atoms with van der Waals surface area (Å²) in [5.41, 5.74) is 10.5. The lowest BCUT2D eigenvalue weighted by Gasteiger charge is -2.12. The first-order chi connectivity index (χ1) is 8.29. The van der Waals surface area contributed by atoms with Crippen molar-refractivity contribution >= 4 is 0 Å². The van der Waals surface area contributed by atoms with Crippen LogP contribution in [0.2, 0.25) is 0 Å². The summed E-state index contributed by atoms with van der Waals surface area (Å²) in [5, 5.41) is 0. The van der Waals surface area contributed by atoms with Crippen LogP contribution in [0.25, 0.3) is 0 Å². The molecule has 0 spiro atoms. The van der Waals surface area contributed by atoms with Gasteiger partial charge in [0, 0.05) is 12.6 Å². The SMILES string of the molecule is CCCOCC(N)Cc1ccc2c(c1)CCC2. The highest BCUT2D eigenvalue weighted by atomic mass is 16.5. The van der Waals surface area contributed by atoms with Gasteiger partial charge in [-0.2, -0.15) is 0 Å². The van der Waals surface area contributed by atoms with Crippen LogP contribution >= 0.6 is 0 Å². The van der Waals surface area contributed by atoms with E-state index in [0.29, 0.717) is 6.61 Å². The Morgan fingerprint density at radius 2 is 2.12 bits per heavy atom. The Hall–Kier alpha value is -0.860. The predicted octanol–water partition coefficient (Wildman–Crippen LogP) is 2.47. The Bertz CT molecular complexity index is 362. The molecule has 0 amide bonds. The van der Waals surface area contributed by atoms with E-state index in [4.69, 9.17) is 10.5 Å². The average Bonchev–Trinajstić information content (AvgIpc) is 2.76. The maximum absolute atomic E-state index is 6.07. The summed E-state index contributed by atoms with van der Waals surface area (Å²) in [6.45, 7) is 3.61. The summed E-state index contributed by atoms with van der Waals surface area (Å²) in [6.07, 6.45) is 5.79. The smallest absolute Gasteiger partial charge is 0.0620 e. The Morgan fingerprint density at radius 3 is 2.94 bits per heavy atom. The molecule has 1 aliphatic carbocycles. The average molecular weight is 233 g/mol. The van der Waals surface area contributed by atoms with Gasteiger partial charge in [-0.3, -0.25) is 0 Å². The molecule has 0 aliphatic heterocycles. The number of hydrogen-bond acceptors (Lipinski definition) is 2. The molecular weight excluding hydrogens is 210 g/mol. The zero-order valence-corrected chi connectivity index (χ0v) is 10.7. The summed E-state index contributed by atoms with van der Waals surface area (Å²) < 4.78 is 5.48. The van der Waals surface area contributed by atoms with Crippen molar-refractivity contribution in [3.8, 4) is 0 Å². The quantitative estimate of drug-likeness (QED) is 0.766. The van der Waals surface area contributed by atoms with Crippen LogP contribution in [0.5, 0.6) is 0 Å². The van der Waals surface area contributed by atoms with Crippen LogP contribution in [-0.2, 0) is 24.0 Å². The van der Waals surface area contributed by atoms with E-state index >= 15 is 0 Å². The van der Waals surface area contributed by atoms with Gasteiger partial charge in [0.05, 0.1) is 6.61 Å². The second-order valence-corrected chi connectivity index (χ2v) is 5.00. The van der Waals surface area contributed by atoms with Crippen molar-refractivity contribution in [2.75, 3.05) is 13.2 Å². The molecule has 1 atom stereocenters. The number of nitrogens with two attached hydrogens (primary N) is 1. The molecular formula is C15H23NO. The van der Waals surface area contributed by atoms with Crippen molar-refractivity contribution in [3.63, 3.8) is 0 Å². The monoisotopic (exact) mass is 233 g/mol. The molecule has 2 rings (SSSR count). The van der Waals surface area contributed by atoms with Crippen LogP contribution in [0.3, 0.4) is 0 Å². The standard InChI is InChI=1S/C15H23NO/c1-2-8-17-11-15(16)10-12-6-7-13-4-3-5-14(13)9-12/h6-7,9,15H,2-5,8,10-11,16H2,1H3. The molecule has 2 N–H and O–H groups in total. The van der Waals surface area contributed by atoms with E-state index in [1.807, 2.05) is 0 Å². The van der Waals surface area contributed by atoms with Gasteiger partial charge in [0.2, 0.25) is 0 Å². The van der Waals surface area contributed by atoms with Crippen LogP contribution < -0.4 is 5.73 Å². The van der Waals surface area contributed by atoms with E-state index in [1.54, 1.807) is 0 Å². The molecule has 2 nitrogen and oxygen atoms in total. The highest BCUT2D eigenvalue weighted by molar-refractivity contribution is 5.35. The van der Waals surface area contributed by atoms with Gasteiger partial charge >= 0.3 is 0 Å². The predicted molar refractivity (Wildman–Crippen MR) is 71.3 cm³/mol. The van der Waals surface area contributed by atoms with Crippen molar-refractivity contribution < 1.29 is 4.74 Å². The zero-order chi connectivity index (χ0) is 12.1. The van der Waals surface area contributed by atoms with Gasteiger partial charge in [0.15, 0.2) is 0 Å². The second kappa shape index (κ2) is 6.18. The lowest BCUT2D eigenvalue weighted by molar-refractivity contribution is 0.121. The summed E-state index contributed by atoms with van der Waals surface area (Å²) in [4.78, 5) is 0. The van der Waals surface area contributed by atoms with Crippen LogP contribution in [0.1, 0.15) is 36.5 Å². The zero-order valence-electron chi connectivity index (χ0n) is 10.7. The van der Waals surface area contributed by atoms with Gasteiger partial charge in [-0.15, -0.1) is 0 Å². The van der Waals surface area contributed by atoms with E-state index < -0.39 is 0 Å². The van der Waals surface area contributed by atoms with Crippen molar-refractivity contribution in [2.45, 2.75) is 45.1 Å². The molecule has 0 aromatic heterocycles. The Kier molecular flexibility index (Phi) is 4.57. The molecule has 0 fully saturated rings. The summed E-state index contributed by atoms with van der Waals surface area (Å²) in [5.74, 6) is 0. The van der Waals surface area contributed by atoms with E-state index in [1.165, 1.54) is 36.0 Å². The number of benzene rings is 1. The van der Waals surface area contributed by atoms with E-state index in [2.05, 4.69) is 25.1 Å². The molecule has 1 aliphatic rings. The summed E-state index contributed by atoms with van der Waals surface area (Å²) in [6, 6.07) is 6.96. The van der Waals surface area contributed by atoms with Crippen LogP contribution in [-0.4, -0.2) is 19.3 Å². The Labute approximate surface area is 104 Å². The third-order valence-corrected chi connectivity index (χ3v) is 3.34. The highest BCUT2D eigenvalue weighted by Crippen LogP contribution is 2.23. The minimum absolute atomic E-state index is 0.126. The third kappa shape index (κ3) is 3.55. The fraction of sp³-hybridized carbons (Fsp3) is 0.600. The van der Waals surface area contributed by atoms with Crippen molar-refractivity contribution in [2.24, 2.45) is 5.73 Å². The lowest BCUT2D eigenvalue weighted by atomic mass is 10.0.